The van der Waals surface area contributed by atoms with Crippen molar-refractivity contribution in [3.8, 4) is 0 Å². The number of hydrogen-bond donors (Lipinski definition) is 0. The van der Waals surface area contributed by atoms with Gasteiger partial charge in [-0.25, -0.2) is 11.9 Å². The number of carbonyl (C=O) groups is 1. The van der Waals surface area contributed by atoms with Crippen molar-refractivity contribution in [1.29, 1.82) is 0 Å². The molecule has 0 amide bonds. The molecule has 0 aliphatic heterocycles. The van der Waals surface area contributed by atoms with Crippen LogP contribution < -0.4 is 9.77 Å². The van der Waals surface area contributed by atoms with Crippen LogP contribution in [0.2, 0.25) is 0 Å². The average molecular weight is 189 g/mol. The third-order valence-electron chi connectivity index (χ3n) is 0.348. The van der Waals surface area contributed by atoms with E-state index in [2.05, 4.69) is 18.4 Å². The third-order valence-corrected chi connectivity index (χ3v) is 0.348. The standard InChI is InChI=1S/C4H6O2.ClO.Cr/c1-3(2)4(5)6;1-2;/h1H2,2H3,(H,5,6);;/q;-1;+2/p-1. The summed E-state index contributed by atoms with van der Waals surface area (Å²) in [5.41, 5.74) is 0.0648. The number of carboxylic acid groups (broad SMARTS) is 1. The van der Waals surface area contributed by atoms with Crippen molar-refractivity contribution in [3.63, 3.8) is 0 Å². The Labute approximate surface area is 69.2 Å². The first-order valence-electron chi connectivity index (χ1n) is 1.67. The van der Waals surface area contributed by atoms with Gasteiger partial charge in [0.05, 0.1) is 5.97 Å². The number of carbonyl (C=O) groups excluding carboxylic acids is 1. The summed E-state index contributed by atoms with van der Waals surface area (Å²) in [7, 11) is 0. The summed E-state index contributed by atoms with van der Waals surface area (Å²) in [4.78, 5) is 9.49. The van der Waals surface area contributed by atoms with Gasteiger partial charge in [-0.1, -0.05) is 6.58 Å². The van der Waals surface area contributed by atoms with Gasteiger partial charge in [0.1, 0.15) is 0 Å². The van der Waals surface area contributed by atoms with Crippen molar-refractivity contribution in [2.75, 3.05) is 0 Å². The molecule has 0 saturated heterocycles. The zero-order chi connectivity index (χ0) is 7.15. The molecule has 52 valence electrons. The fraction of sp³-hybridized carbons (Fsp3) is 0.250. The predicted octanol–water partition coefficient (Wildman–Crippen LogP) is -1.19. The number of aliphatic carboxylic acids is 1. The Morgan fingerprint density at radius 1 is 1.56 bits per heavy atom. The van der Waals surface area contributed by atoms with Crippen molar-refractivity contribution in [3.05, 3.63) is 12.2 Å². The maximum atomic E-state index is 9.49. The Morgan fingerprint density at radius 2 is 1.67 bits per heavy atom. The molecule has 0 aromatic heterocycles. The zero-order valence-electron chi connectivity index (χ0n) is 4.72. The molecule has 0 bridgehead atoms. The Kier molecular flexibility index (Phi) is 19.3. The molecule has 5 heteroatoms. The van der Waals surface area contributed by atoms with E-state index < -0.39 is 5.97 Å². The van der Waals surface area contributed by atoms with Gasteiger partial charge in [0.2, 0.25) is 0 Å². The summed E-state index contributed by atoms with van der Waals surface area (Å²) in [6.45, 7) is 4.48. The molecule has 0 atom stereocenters. The van der Waals surface area contributed by atoms with E-state index in [0.29, 0.717) is 0 Å². The maximum Gasteiger partial charge on any atom is 2.00 e. The Bertz CT molecular complexity index is 81.8. The predicted molar refractivity (Wildman–Crippen MR) is 25.7 cm³/mol. The van der Waals surface area contributed by atoms with Crippen molar-refractivity contribution in [2.24, 2.45) is 0 Å². The summed E-state index contributed by atoms with van der Waals surface area (Å²) in [6, 6.07) is 0. The largest absolute Gasteiger partial charge is 2.00 e. The van der Waals surface area contributed by atoms with Crippen LogP contribution >= 0.6 is 11.9 Å². The summed E-state index contributed by atoms with van der Waals surface area (Å²) in [5.74, 6) is -1.19. The van der Waals surface area contributed by atoms with Crippen LogP contribution in [0.1, 0.15) is 6.92 Å². The number of halogens is 1. The Morgan fingerprint density at radius 3 is 1.67 bits per heavy atom. The first-order valence-corrected chi connectivity index (χ1v) is 1.97. The zero-order valence-corrected chi connectivity index (χ0v) is 6.75. The molecule has 0 aliphatic carbocycles. The van der Waals surface area contributed by atoms with E-state index in [0.717, 1.165) is 0 Å². The van der Waals surface area contributed by atoms with Gasteiger partial charge in [-0.15, -0.1) is 0 Å². The van der Waals surface area contributed by atoms with Gasteiger partial charge in [-0.3, -0.25) is 0 Å². The van der Waals surface area contributed by atoms with E-state index in [-0.39, 0.29) is 22.9 Å². The molecule has 0 N–H and O–H groups in total. The van der Waals surface area contributed by atoms with E-state index in [4.69, 9.17) is 4.66 Å². The minimum atomic E-state index is -1.19. The van der Waals surface area contributed by atoms with E-state index >= 15 is 0 Å². The molecule has 0 unspecified atom stereocenters. The Hall–Kier alpha value is -0.00753. The van der Waals surface area contributed by atoms with E-state index in [1.807, 2.05) is 0 Å². The van der Waals surface area contributed by atoms with Gasteiger partial charge in [0.15, 0.2) is 0 Å². The van der Waals surface area contributed by atoms with Crippen LogP contribution in [0.15, 0.2) is 12.2 Å². The van der Waals surface area contributed by atoms with Crippen molar-refractivity contribution in [1.82, 2.24) is 0 Å². The van der Waals surface area contributed by atoms with Gasteiger partial charge in [0.25, 0.3) is 0 Å². The quantitative estimate of drug-likeness (QED) is 0.486. The topological polar surface area (TPSA) is 63.2 Å². The third kappa shape index (κ3) is 18.0. The fourth-order valence-corrected chi connectivity index (χ4v) is 0. The van der Waals surface area contributed by atoms with E-state index in [1.54, 1.807) is 0 Å². The van der Waals surface area contributed by atoms with Crippen molar-refractivity contribution < 1.29 is 31.9 Å². The normalized spacial score (nSPS) is 5.67. The Balaban J connectivity index is -0.000000109. The van der Waals surface area contributed by atoms with E-state index in [9.17, 15) is 9.90 Å². The molecule has 0 rings (SSSR count). The van der Waals surface area contributed by atoms with Gasteiger partial charge in [0, 0.05) is 0 Å². The van der Waals surface area contributed by atoms with Gasteiger partial charge in [-0.05, 0) is 12.5 Å². The molecule has 0 aliphatic rings. The summed E-state index contributed by atoms with van der Waals surface area (Å²) in [6.07, 6.45) is 0. The molecular formula is C4H5ClCrO3. The van der Waals surface area contributed by atoms with Crippen LogP contribution in [0.5, 0.6) is 0 Å². The molecule has 0 fully saturated rings. The van der Waals surface area contributed by atoms with Crippen molar-refractivity contribution in [2.45, 2.75) is 6.92 Å². The fourth-order valence-electron chi connectivity index (χ4n) is 0. The number of hydrogen-bond acceptors (Lipinski definition) is 3. The molecule has 0 saturated carbocycles. The molecule has 0 spiro atoms. The molecular weight excluding hydrogens is 183 g/mol. The minimum Gasteiger partial charge on any atom is -0.769 e. The first kappa shape index (κ1) is 16.0. The summed E-state index contributed by atoms with van der Waals surface area (Å²) in [5, 5.41) is 9.49. The monoisotopic (exact) mass is 188 g/mol. The number of carboxylic acids is 1. The van der Waals surface area contributed by atoms with Crippen LogP contribution in [0.3, 0.4) is 0 Å². The van der Waals surface area contributed by atoms with Crippen molar-refractivity contribution >= 4 is 17.8 Å². The first-order chi connectivity index (χ1) is 3.64. The molecule has 3 nitrogen and oxygen atoms in total. The molecule has 9 heavy (non-hydrogen) atoms. The van der Waals surface area contributed by atoms with Crippen LogP contribution in [0.4, 0.5) is 0 Å². The molecule has 0 aromatic carbocycles. The summed E-state index contributed by atoms with van der Waals surface area (Å²) >= 11 is 3.39. The SMILES string of the molecule is C=C(C)C(=O)[O-].[Cr+2].[O-]Cl. The van der Waals surface area contributed by atoms with Crippen LogP contribution in [0, 0.1) is 0 Å². The second-order valence-electron chi connectivity index (χ2n) is 1.07. The second-order valence-corrected chi connectivity index (χ2v) is 1.07. The average Bonchev–Trinajstić information content (AvgIpc) is 1.72. The van der Waals surface area contributed by atoms with Crippen LogP contribution in [0.25, 0.3) is 0 Å². The maximum absolute atomic E-state index is 9.49. The van der Waals surface area contributed by atoms with Crippen LogP contribution in [-0.2, 0) is 22.2 Å². The minimum absolute atomic E-state index is 0. The molecule has 0 radical (unpaired) electrons. The van der Waals surface area contributed by atoms with Gasteiger partial charge < -0.3 is 14.6 Å². The second kappa shape index (κ2) is 10.9. The number of rotatable bonds is 1. The van der Waals surface area contributed by atoms with E-state index in [1.165, 1.54) is 6.92 Å². The van der Waals surface area contributed by atoms with Crippen LogP contribution in [-0.4, -0.2) is 5.97 Å². The molecule has 0 aromatic rings. The van der Waals surface area contributed by atoms with Gasteiger partial charge >= 0.3 is 17.4 Å². The molecule has 0 heterocycles. The smallest absolute Gasteiger partial charge is 0.769 e. The van der Waals surface area contributed by atoms with Gasteiger partial charge in [-0.2, -0.15) is 0 Å². The summed E-state index contributed by atoms with van der Waals surface area (Å²) < 4.78 is 7.72.